The summed E-state index contributed by atoms with van der Waals surface area (Å²) in [6.07, 6.45) is 7.87. The van der Waals surface area contributed by atoms with Crippen molar-refractivity contribution in [3.63, 3.8) is 0 Å². The average Bonchev–Trinajstić information content (AvgIpc) is 3.32. The number of sulfonamides is 1. The molecule has 1 aliphatic carbocycles. The monoisotopic (exact) mass is 376 g/mol. The summed E-state index contributed by atoms with van der Waals surface area (Å²) >= 11 is 0. The molecule has 0 spiro atoms. The number of nitrogens with zero attached hydrogens (tertiary/aromatic N) is 4. The Bertz CT molecular complexity index is 857. The summed E-state index contributed by atoms with van der Waals surface area (Å²) < 4.78 is 33.7. The van der Waals surface area contributed by atoms with E-state index < -0.39 is 10.0 Å². The molecule has 1 unspecified atom stereocenters. The SMILES string of the molecule is Cc1ccc(-c2nnc(C3CCCN3S(=O)(=O)C3CCCCC3)o2)cn1. The maximum atomic E-state index is 13.1. The minimum absolute atomic E-state index is 0.263. The van der Waals surface area contributed by atoms with Crippen molar-refractivity contribution in [2.45, 2.75) is 63.2 Å². The van der Waals surface area contributed by atoms with Crippen LogP contribution < -0.4 is 0 Å². The fourth-order valence-corrected chi connectivity index (χ4v) is 6.17. The van der Waals surface area contributed by atoms with Gasteiger partial charge in [0.1, 0.15) is 6.04 Å². The van der Waals surface area contributed by atoms with Crippen molar-refractivity contribution < 1.29 is 12.8 Å². The molecule has 2 aliphatic rings. The smallest absolute Gasteiger partial charge is 0.249 e. The molecule has 1 aliphatic heterocycles. The van der Waals surface area contributed by atoms with Crippen LogP contribution in [-0.4, -0.2) is 39.7 Å². The molecule has 0 N–H and O–H groups in total. The molecular formula is C18H24N4O3S. The third kappa shape index (κ3) is 3.27. The summed E-state index contributed by atoms with van der Waals surface area (Å²) in [7, 11) is -3.33. The Labute approximate surface area is 153 Å². The lowest BCUT2D eigenvalue weighted by atomic mass is 10.0. The first-order valence-corrected chi connectivity index (χ1v) is 10.8. The first kappa shape index (κ1) is 17.6. The zero-order valence-electron chi connectivity index (χ0n) is 15.0. The summed E-state index contributed by atoms with van der Waals surface area (Å²) in [5.41, 5.74) is 1.66. The maximum absolute atomic E-state index is 13.1. The highest BCUT2D eigenvalue weighted by atomic mass is 32.2. The van der Waals surface area contributed by atoms with E-state index in [1.807, 2.05) is 19.1 Å². The number of aryl methyl sites for hydroxylation is 1. The Morgan fingerprint density at radius 1 is 1.08 bits per heavy atom. The molecule has 0 aromatic carbocycles. The van der Waals surface area contributed by atoms with Gasteiger partial charge in [0.2, 0.25) is 21.8 Å². The zero-order valence-corrected chi connectivity index (χ0v) is 15.8. The van der Waals surface area contributed by atoms with E-state index in [0.29, 0.717) is 18.3 Å². The molecule has 140 valence electrons. The van der Waals surface area contributed by atoms with Crippen molar-refractivity contribution in [2.75, 3.05) is 6.54 Å². The fourth-order valence-electron chi connectivity index (χ4n) is 3.93. The first-order valence-electron chi connectivity index (χ1n) is 9.33. The van der Waals surface area contributed by atoms with E-state index >= 15 is 0 Å². The second kappa shape index (κ2) is 7.08. The van der Waals surface area contributed by atoms with Crippen molar-refractivity contribution in [3.05, 3.63) is 29.9 Å². The quantitative estimate of drug-likeness (QED) is 0.814. The van der Waals surface area contributed by atoms with Crippen LogP contribution in [0.5, 0.6) is 0 Å². The van der Waals surface area contributed by atoms with Crippen molar-refractivity contribution in [1.82, 2.24) is 19.5 Å². The molecule has 1 atom stereocenters. The molecule has 1 saturated carbocycles. The molecule has 26 heavy (non-hydrogen) atoms. The minimum atomic E-state index is -3.33. The average molecular weight is 376 g/mol. The Hall–Kier alpha value is -1.80. The van der Waals surface area contributed by atoms with E-state index in [1.54, 1.807) is 10.5 Å². The van der Waals surface area contributed by atoms with Crippen LogP contribution in [-0.2, 0) is 10.0 Å². The summed E-state index contributed by atoms with van der Waals surface area (Å²) in [5, 5.41) is 8.00. The molecule has 7 nitrogen and oxygen atoms in total. The Kier molecular flexibility index (Phi) is 4.79. The number of rotatable bonds is 4. The summed E-state index contributed by atoms with van der Waals surface area (Å²) in [6, 6.07) is 3.42. The lowest BCUT2D eigenvalue weighted by molar-refractivity contribution is 0.323. The summed E-state index contributed by atoms with van der Waals surface area (Å²) in [4.78, 5) is 4.24. The highest BCUT2D eigenvalue weighted by molar-refractivity contribution is 7.89. The Morgan fingerprint density at radius 3 is 2.62 bits per heavy atom. The third-order valence-electron chi connectivity index (χ3n) is 5.39. The van der Waals surface area contributed by atoms with Crippen LogP contribution in [0.15, 0.2) is 22.7 Å². The number of hydrogen-bond donors (Lipinski definition) is 0. The van der Waals surface area contributed by atoms with Gasteiger partial charge in [-0.25, -0.2) is 8.42 Å². The van der Waals surface area contributed by atoms with Gasteiger partial charge in [0, 0.05) is 18.4 Å². The summed E-state index contributed by atoms with van der Waals surface area (Å²) in [6.45, 7) is 2.45. The summed E-state index contributed by atoms with van der Waals surface area (Å²) in [5.74, 6) is 0.770. The van der Waals surface area contributed by atoms with Crippen LogP contribution in [0.4, 0.5) is 0 Å². The fraction of sp³-hybridized carbons (Fsp3) is 0.611. The Balaban J connectivity index is 1.58. The lowest BCUT2D eigenvalue weighted by Crippen LogP contribution is -2.39. The van der Waals surface area contributed by atoms with Crippen LogP contribution >= 0.6 is 0 Å². The zero-order chi connectivity index (χ0) is 18.1. The van der Waals surface area contributed by atoms with E-state index in [-0.39, 0.29) is 11.3 Å². The van der Waals surface area contributed by atoms with Crippen LogP contribution in [0.3, 0.4) is 0 Å². The van der Waals surface area contributed by atoms with Crippen molar-refractivity contribution >= 4 is 10.0 Å². The van der Waals surface area contributed by atoms with E-state index in [9.17, 15) is 8.42 Å². The van der Waals surface area contributed by atoms with Gasteiger partial charge in [-0.15, -0.1) is 10.2 Å². The van der Waals surface area contributed by atoms with Crippen molar-refractivity contribution in [3.8, 4) is 11.5 Å². The van der Waals surface area contributed by atoms with Gasteiger partial charge in [0.25, 0.3) is 0 Å². The van der Waals surface area contributed by atoms with Crippen LogP contribution in [0.2, 0.25) is 0 Å². The van der Waals surface area contributed by atoms with Gasteiger partial charge in [-0.2, -0.15) is 4.31 Å². The highest BCUT2D eigenvalue weighted by Crippen LogP contribution is 2.38. The van der Waals surface area contributed by atoms with Gasteiger partial charge < -0.3 is 4.42 Å². The molecule has 0 radical (unpaired) electrons. The van der Waals surface area contributed by atoms with Gasteiger partial charge in [0.05, 0.1) is 10.8 Å². The molecule has 4 rings (SSSR count). The molecular weight excluding hydrogens is 352 g/mol. The molecule has 2 aromatic rings. The van der Waals surface area contributed by atoms with Gasteiger partial charge in [0.15, 0.2) is 0 Å². The minimum Gasteiger partial charge on any atom is -0.419 e. The van der Waals surface area contributed by atoms with Crippen LogP contribution in [0, 0.1) is 6.92 Å². The predicted molar refractivity (Wildman–Crippen MR) is 96.7 cm³/mol. The standard InChI is InChI=1S/C18H24N4O3S/c1-13-9-10-14(12-19-13)17-20-21-18(25-17)16-8-5-11-22(16)26(23,24)15-6-3-2-4-7-15/h9-10,12,15-16H,2-8,11H2,1H3. The van der Waals surface area contributed by atoms with Gasteiger partial charge in [-0.05, 0) is 44.7 Å². The Morgan fingerprint density at radius 2 is 1.88 bits per heavy atom. The first-order chi connectivity index (χ1) is 12.6. The van der Waals surface area contributed by atoms with Gasteiger partial charge in [-0.3, -0.25) is 4.98 Å². The second-order valence-corrected chi connectivity index (χ2v) is 9.37. The molecule has 2 aromatic heterocycles. The largest absolute Gasteiger partial charge is 0.419 e. The van der Waals surface area contributed by atoms with E-state index in [4.69, 9.17) is 4.42 Å². The van der Waals surface area contributed by atoms with Crippen LogP contribution in [0.25, 0.3) is 11.5 Å². The molecule has 0 amide bonds. The van der Waals surface area contributed by atoms with Crippen LogP contribution in [0.1, 0.15) is 62.6 Å². The van der Waals surface area contributed by atoms with Gasteiger partial charge in [-0.1, -0.05) is 19.3 Å². The van der Waals surface area contributed by atoms with E-state index in [1.165, 1.54) is 0 Å². The number of pyridine rings is 1. The molecule has 8 heteroatoms. The maximum Gasteiger partial charge on any atom is 0.249 e. The highest BCUT2D eigenvalue weighted by Gasteiger charge is 2.42. The molecule has 2 fully saturated rings. The van der Waals surface area contributed by atoms with E-state index in [2.05, 4.69) is 15.2 Å². The third-order valence-corrected chi connectivity index (χ3v) is 7.79. The topological polar surface area (TPSA) is 89.2 Å². The normalized spacial score (nSPS) is 22.7. The molecule has 0 bridgehead atoms. The second-order valence-electron chi connectivity index (χ2n) is 7.21. The van der Waals surface area contributed by atoms with Gasteiger partial charge >= 0.3 is 0 Å². The van der Waals surface area contributed by atoms with E-state index in [0.717, 1.165) is 56.2 Å². The lowest BCUT2D eigenvalue weighted by Gasteiger charge is -2.29. The predicted octanol–water partition coefficient (Wildman–Crippen LogP) is 3.24. The molecule has 1 saturated heterocycles. The van der Waals surface area contributed by atoms with Crippen molar-refractivity contribution in [1.29, 1.82) is 0 Å². The van der Waals surface area contributed by atoms with Crippen molar-refractivity contribution in [2.24, 2.45) is 0 Å². The molecule has 3 heterocycles. The number of aromatic nitrogens is 3. The number of hydrogen-bond acceptors (Lipinski definition) is 6.